The number of anilines is 1. The van der Waals surface area contributed by atoms with Gasteiger partial charge in [-0.1, -0.05) is 5.10 Å². The van der Waals surface area contributed by atoms with E-state index < -0.39 is 0 Å². The second-order valence-electron chi connectivity index (χ2n) is 3.56. The van der Waals surface area contributed by atoms with Crippen molar-refractivity contribution < 1.29 is 9.15 Å². The molecular weight excluding hydrogens is 196 g/mol. The molecule has 0 atom stereocenters. The largest absolute Gasteiger partial charge is 0.407 e. The summed E-state index contributed by atoms with van der Waals surface area (Å²) in [6, 6.07) is 0.897. The molecule has 84 valence electrons. The Hall–Kier alpha value is -1.14. The highest BCUT2D eigenvalue weighted by molar-refractivity contribution is 5.19. The van der Waals surface area contributed by atoms with Gasteiger partial charge in [0.1, 0.15) is 0 Å². The van der Waals surface area contributed by atoms with E-state index in [1.165, 1.54) is 0 Å². The molecule has 1 aliphatic rings. The van der Waals surface area contributed by atoms with Crippen molar-refractivity contribution >= 4 is 6.01 Å². The normalized spacial score (nSPS) is 17.9. The molecule has 6 nitrogen and oxygen atoms in total. The second kappa shape index (κ2) is 5.09. The predicted molar refractivity (Wildman–Crippen MR) is 54.5 cm³/mol. The molecule has 2 rings (SSSR count). The van der Waals surface area contributed by atoms with Crippen molar-refractivity contribution in [1.29, 1.82) is 0 Å². The fourth-order valence-electron chi connectivity index (χ4n) is 1.55. The fraction of sp³-hybridized carbons (Fsp3) is 0.778. The van der Waals surface area contributed by atoms with Crippen LogP contribution >= 0.6 is 0 Å². The Labute approximate surface area is 88.4 Å². The smallest absolute Gasteiger partial charge is 0.315 e. The highest BCUT2D eigenvalue weighted by Gasteiger charge is 2.15. The first-order valence-electron chi connectivity index (χ1n) is 5.20. The molecule has 0 bridgehead atoms. The highest BCUT2D eigenvalue weighted by Crippen LogP contribution is 2.13. The van der Waals surface area contributed by atoms with Crippen LogP contribution in [0.2, 0.25) is 0 Å². The van der Waals surface area contributed by atoms with Gasteiger partial charge in [-0.3, -0.25) is 0 Å². The summed E-state index contributed by atoms with van der Waals surface area (Å²) in [4.78, 5) is 0. The number of nitrogens with one attached hydrogen (secondary N) is 2. The molecule has 1 saturated heterocycles. The molecule has 2 N–H and O–H groups in total. The van der Waals surface area contributed by atoms with E-state index in [-0.39, 0.29) is 0 Å². The average molecular weight is 212 g/mol. The van der Waals surface area contributed by atoms with Crippen molar-refractivity contribution in [2.75, 3.05) is 25.6 Å². The van der Waals surface area contributed by atoms with Crippen LogP contribution in [0.3, 0.4) is 0 Å². The van der Waals surface area contributed by atoms with Crippen molar-refractivity contribution in [2.24, 2.45) is 0 Å². The van der Waals surface area contributed by atoms with Crippen LogP contribution in [0, 0.1) is 0 Å². The lowest BCUT2D eigenvalue weighted by atomic mass is 10.1. The Bertz CT molecular complexity index is 296. The van der Waals surface area contributed by atoms with Crippen molar-refractivity contribution in [3.8, 4) is 0 Å². The van der Waals surface area contributed by atoms with E-state index in [0.717, 1.165) is 26.1 Å². The van der Waals surface area contributed by atoms with Crippen LogP contribution in [0.5, 0.6) is 0 Å². The van der Waals surface area contributed by atoms with Gasteiger partial charge in [0.2, 0.25) is 5.89 Å². The van der Waals surface area contributed by atoms with E-state index >= 15 is 0 Å². The van der Waals surface area contributed by atoms with Gasteiger partial charge >= 0.3 is 6.01 Å². The molecule has 0 radical (unpaired) electrons. The number of rotatable bonds is 4. The standard InChI is InChI=1S/C9H16N4O2/c1-10-6-8-12-13-9(15-8)11-7-2-4-14-5-3-7/h7,10H,2-6H2,1H3,(H,11,13). The summed E-state index contributed by atoms with van der Waals surface area (Å²) in [5.74, 6) is 0.604. The van der Waals surface area contributed by atoms with Crippen LogP contribution in [0.25, 0.3) is 0 Å². The first-order valence-corrected chi connectivity index (χ1v) is 5.20. The zero-order valence-electron chi connectivity index (χ0n) is 8.82. The summed E-state index contributed by atoms with van der Waals surface area (Å²) in [6.07, 6.45) is 1.98. The number of hydrogen-bond acceptors (Lipinski definition) is 6. The fourth-order valence-corrected chi connectivity index (χ4v) is 1.55. The van der Waals surface area contributed by atoms with Crippen molar-refractivity contribution in [3.63, 3.8) is 0 Å². The molecular formula is C9H16N4O2. The molecule has 1 aromatic rings. The number of nitrogens with zero attached hydrogens (tertiary/aromatic N) is 2. The van der Waals surface area contributed by atoms with Crippen molar-refractivity contribution in [2.45, 2.75) is 25.4 Å². The summed E-state index contributed by atoms with van der Waals surface area (Å²) < 4.78 is 10.7. The Morgan fingerprint density at radius 3 is 2.87 bits per heavy atom. The van der Waals surface area contributed by atoms with Gasteiger partial charge < -0.3 is 19.8 Å². The van der Waals surface area contributed by atoms with E-state index in [1.54, 1.807) is 0 Å². The third-order valence-corrected chi connectivity index (χ3v) is 2.34. The maximum atomic E-state index is 5.39. The molecule has 2 heterocycles. The molecule has 1 aliphatic heterocycles. The van der Waals surface area contributed by atoms with Crippen LogP contribution < -0.4 is 10.6 Å². The molecule has 0 aromatic carbocycles. The zero-order valence-corrected chi connectivity index (χ0v) is 8.82. The van der Waals surface area contributed by atoms with Gasteiger partial charge in [0, 0.05) is 19.3 Å². The van der Waals surface area contributed by atoms with Crippen LogP contribution in [-0.2, 0) is 11.3 Å². The van der Waals surface area contributed by atoms with Gasteiger partial charge in [-0.25, -0.2) is 0 Å². The van der Waals surface area contributed by atoms with Crippen LogP contribution in [-0.4, -0.2) is 36.5 Å². The van der Waals surface area contributed by atoms with Crippen LogP contribution in [0.15, 0.2) is 4.42 Å². The van der Waals surface area contributed by atoms with Crippen molar-refractivity contribution in [1.82, 2.24) is 15.5 Å². The molecule has 0 spiro atoms. The Morgan fingerprint density at radius 1 is 1.33 bits per heavy atom. The first-order chi connectivity index (χ1) is 7.38. The minimum absolute atomic E-state index is 0.390. The zero-order chi connectivity index (χ0) is 10.5. The molecule has 6 heteroatoms. The van der Waals surface area contributed by atoms with Gasteiger partial charge in [-0.05, 0) is 19.9 Å². The second-order valence-corrected chi connectivity index (χ2v) is 3.56. The maximum absolute atomic E-state index is 5.39. The molecule has 1 aromatic heterocycles. The maximum Gasteiger partial charge on any atom is 0.315 e. The van der Waals surface area contributed by atoms with E-state index in [0.29, 0.717) is 24.5 Å². The molecule has 0 aliphatic carbocycles. The topological polar surface area (TPSA) is 72.2 Å². The van der Waals surface area contributed by atoms with E-state index in [4.69, 9.17) is 9.15 Å². The molecule has 0 amide bonds. The molecule has 15 heavy (non-hydrogen) atoms. The first kappa shape index (κ1) is 10.4. The summed E-state index contributed by atoms with van der Waals surface area (Å²) >= 11 is 0. The highest BCUT2D eigenvalue weighted by atomic mass is 16.5. The quantitative estimate of drug-likeness (QED) is 0.751. The van der Waals surface area contributed by atoms with Crippen LogP contribution in [0.4, 0.5) is 6.01 Å². The lowest BCUT2D eigenvalue weighted by Gasteiger charge is -2.21. The summed E-state index contributed by atoms with van der Waals surface area (Å²) in [6.45, 7) is 2.20. The lowest BCUT2D eigenvalue weighted by Crippen LogP contribution is -2.27. The van der Waals surface area contributed by atoms with Gasteiger partial charge in [-0.15, -0.1) is 5.10 Å². The monoisotopic (exact) mass is 212 g/mol. The Morgan fingerprint density at radius 2 is 2.13 bits per heavy atom. The van der Waals surface area contributed by atoms with Gasteiger partial charge in [0.15, 0.2) is 0 Å². The predicted octanol–water partition coefficient (Wildman–Crippen LogP) is 0.380. The molecule has 0 saturated carbocycles. The number of hydrogen-bond donors (Lipinski definition) is 2. The third-order valence-electron chi connectivity index (χ3n) is 2.34. The van der Waals surface area contributed by atoms with Crippen LogP contribution in [0.1, 0.15) is 18.7 Å². The SMILES string of the molecule is CNCc1nnc(NC2CCOCC2)o1. The Balaban J connectivity index is 1.86. The molecule has 0 unspecified atom stereocenters. The van der Waals surface area contributed by atoms with Gasteiger partial charge in [0.25, 0.3) is 0 Å². The Kier molecular flexibility index (Phi) is 3.52. The van der Waals surface area contributed by atoms with Gasteiger partial charge in [-0.2, -0.15) is 0 Å². The number of aromatic nitrogens is 2. The minimum Gasteiger partial charge on any atom is -0.407 e. The van der Waals surface area contributed by atoms with Gasteiger partial charge in [0.05, 0.1) is 6.54 Å². The minimum atomic E-state index is 0.390. The summed E-state index contributed by atoms with van der Waals surface area (Å²) in [5, 5.41) is 14.0. The van der Waals surface area contributed by atoms with Crippen molar-refractivity contribution in [3.05, 3.63) is 5.89 Å². The van der Waals surface area contributed by atoms with E-state index in [2.05, 4.69) is 20.8 Å². The lowest BCUT2D eigenvalue weighted by molar-refractivity contribution is 0.0899. The number of ether oxygens (including phenoxy) is 1. The third kappa shape index (κ3) is 2.90. The average Bonchev–Trinajstić information content (AvgIpc) is 2.68. The summed E-state index contributed by atoms with van der Waals surface area (Å²) in [7, 11) is 1.84. The van der Waals surface area contributed by atoms with E-state index in [9.17, 15) is 0 Å². The molecule has 1 fully saturated rings. The van der Waals surface area contributed by atoms with E-state index in [1.807, 2.05) is 7.05 Å². The summed E-state index contributed by atoms with van der Waals surface area (Å²) in [5.41, 5.74) is 0.